The molecule has 0 spiro atoms. The number of pyridine rings is 1. The highest BCUT2D eigenvalue weighted by Crippen LogP contribution is 2.23. The van der Waals surface area contributed by atoms with Gasteiger partial charge in [-0.25, -0.2) is 0 Å². The van der Waals surface area contributed by atoms with Gasteiger partial charge in [-0.2, -0.15) is 13.2 Å². The van der Waals surface area contributed by atoms with E-state index < -0.39 is 12.6 Å². The molecule has 138 valence electrons. The van der Waals surface area contributed by atoms with E-state index >= 15 is 0 Å². The Bertz CT molecular complexity index is 980. The number of nitrogen functional groups attached to an aromatic ring is 1. The molecular formula is C19H19F3N2O2. The lowest BCUT2D eigenvalue weighted by atomic mass is 10.1. The molecule has 1 aromatic heterocycles. The molecule has 0 saturated heterocycles. The molecule has 0 bridgehead atoms. The monoisotopic (exact) mass is 364 g/mol. The van der Waals surface area contributed by atoms with Gasteiger partial charge in [0.15, 0.2) is 5.43 Å². The van der Waals surface area contributed by atoms with E-state index in [1.165, 1.54) is 0 Å². The predicted octanol–water partition coefficient (Wildman–Crippen LogP) is 4.77. The fourth-order valence-electron chi connectivity index (χ4n) is 2.86. The van der Waals surface area contributed by atoms with Gasteiger partial charge in [-0.1, -0.05) is 0 Å². The molecule has 7 heteroatoms. The summed E-state index contributed by atoms with van der Waals surface area (Å²) in [7, 11) is 0. The Labute approximate surface area is 147 Å². The number of rotatable bonds is 6. The van der Waals surface area contributed by atoms with Crippen LogP contribution in [0.3, 0.4) is 0 Å². The Balaban J connectivity index is 1.69. The van der Waals surface area contributed by atoms with Crippen LogP contribution in [0.15, 0.2) is 41.2 Å². The van der Waals surface area contributed by atoms with Crippen LogP contribution >= 0.6 is 0 Å². The van der Waals surface area contributed by atoms with Gasteiger partial charge in [-0.05, 0) is 49.6 Å². The van der Waals surface area contributed by atoms with Crippen LogP contribution < -0.4 is 15.9 Å². The van der Waals surface area contributed by atoms with E-state index in [-0.39, 0.29) is 11.8 Å². The molecule has 26 heavy (non-hydrogen) atoms. The number of anilines is 1. The molecule has 3 N–H and O–H groups in total. The second kappa shape index (κ2) is 7.27. The summed E-state index contributed by atoms with van der Waals surface area (Å²) in [5.74, 6) is 0.562. The third kappa shape index (κ3) is 4.28. The van der Waals surface area contributed by atoms with E-state index in [0.29, 0.717) is 52.7 Å². The number of aromatic nitrogens is 1. The van der Waals surface area contributed by atoms with Crippen molar-refractivity contribution in [3.63, 3.8) is 0 Å². The second-order valence-corrected chi connectivity index (χ2v) is 6.24. The normalized spacial score (nSPS) is 12.0. The average Bonchev–Trinajstić information content (AvgIpc) is 2.56. The van der Waals surface area contributed by atoms with Crippen LogP contribution in [-0.2, 0) is 0 Å². The molecule has 0 aliphatic carbocycles. The summed E-state index contributed by atoms with van der Waals surface area (Å²) >= 11 is 0. The van der Waals surface area contributed by atoms with Crippen molar-refractivity contribution in [1.82, 2.24) is 4.98 Å². The van der Waals surface area contributed by atoms with Gasteiger partial charge in [0.1, 0.15) is 5.75 Å². The molecule has 3 aromatic rings. The fraction of sp³-hybridized carbons (Fsp3) is 0.316. The Morgan fingerprint density at radius 2 is 1.65 bits per heavy atom. The molecule has 0 radical (unpaired) electrons. The van der Waals surface area contributed by atoms with Crippen molar-refractivity contribution in [3.05, 3.63) is 46.6 Å². The number of benzene rings is 2. The third-order valence-corrected chi connectivity index (χ3v) is 4.17. The van der Waals surface area contributed by atoms with Crippen molar-refractivity contribution in [2.45, 2.75) is 31.9 Å². The van der Waals surface area contributed by atoms with Gasteiger partial charge in [0.05, 0.1) is 17.6 Å². The number of nitrogens with two attached hydrogens (primary N) is 1. The Hall–Kier alpha value is -2.70. The number of alkyl halides is 3. The number of halogens is 3. The van der Waals surface area contributed by atoms with Crippen LogP contribution in [0.25, 0.3) is 21.8 Å². The minimum absolute atomic E-state index is 0.0903. The number of hydrogen-bond donors (Lipinski definition) is 2. The zero-order chi connectivity index (χ0) is 18.7. The Morgan fingerprint density at radius 3 is 2.38 bits per heavy atom. The van der Waals surface area contributed by atoms with Gasteiger partial charge in [-0.3, -0.25) is 4.79 Å². The van der Waals surface area contributed by atoms with Crippen molar-refractivity contribution in [3.8, 4) is 5.75 Å². The second-order valence-electron chi connectivity index (χ2n) is 6.24. The molecule has 4 nitrogen and oxygen atoms in total. The first kappa shape index (κ1) is 18.1. The maximum atomic E-state index is 12.5. The highest BCUT2D eigenvalue weighted by atomic mass is 19.4. The summed E-state index contributed by atoms with van der Waals surface area (Å²) < 4.78 is 41.8. The van der Waals surface area contributed by atoms with E-state index in [9.17, 15) is 18.0 Å². The lowest BCUT2D eigenvalue weighted by molar-refractivity contribution is -0.135. The van der Waals surface area contributed by atoms with Crippen molar-refractivity contribution in [2.24, 2.45) is 0 Å². The van der Waals surface area contributed by atoms with Crippen LogP contribution in [0.5, 0.6) is 5.75 Å². The first-order valence-corrected chi connectivity index (χ1v) is 8.38. The van der Waals surface area contributed by atoms with Crippen LogP contribution in [-0.4, -0.2) is 17.8 Å². The van der Waals surface area contributed by atoms with E-state index in [4.69, 9.17) is 10.5 Å². The molecule has 2 aromatic carbocycles. The molecule has 0 saturated carbocycles. The molecular weight excluding hydrogens is 345 g/mol. The first-order chi connectivity index (χ1) is 12.3. The smallest absolute Gasteiger partial charge is 0.389 e. The van der Waals surface area contributed by atoms with Gasteiger partial charge < -0.3 is 15.5 Å². The number of unbranched alkanes of at least 4 members (excludes halogenated alkanes) is 2. The largest absolute Gasteiger partial charge is 0.494 e. The number of hydrogen-bond acceptors (Lipinski definition) is 3. The average molecular weight is 364 g/mol. The summed E-state index contributed by atoms with van der Waals surface area (Å²) in [5, 5.41) is 1.10. The summed E-state index contributed by atoms with van der Waals surface area (Å²) in [6.07, 6.45) is -3.77. The number of nitrogens with one attached hydrogen (secondary N) is 1. The van der Waals surface area contributed by atoms with E-state index in [1.807, 2.05) is 0 Å². The molecule has 0 aliphatic rings. The minimum atomic E-state index is -4.10. The summed E-state index contributed by atoms with van der Waals surface area (Å²) in [5.41, 5.74) is 7.50. The van der Waals surface area contributed by atoms with Gasteiger partial charge in [0.25, 0.3) is 0 Å². The summed E-state index contributed by atoms with van der Waals surface area (Å²) in [4.78, 5) is 15.7. The van der Waals surface area contributed by atoms with Gasteiger partial charge in [-0.15, -0.1) is 0 Å². The van der Waals surface area contributed by atoms with Gasteiger partial charge >= 0.3 is 6.18 Å². The van der Waals surface area contributed by atoms with Crippen molar-refractivity contribution >= 4 is 27.5 Å². The van der Waals surface area contributed by atoms with E-state index in [2.05, 4.69) is 4.98 Å². The zero-order valence-corrected chi connectivity index (χ0v) is 14.0. The van der Waals surface area contributed by atoms with Crippen LogP contribution in [0.2, 0.25) is 0 Å². The Kier molecular flexibility index (Phi) is 5.06. The fourth-order valence-corrected chi connectivity index (χ4v) is 2.86. The number of H-pyrrole nitrogens is 1. The Morgan fingerprint density at radius 1 is 0.962 bits per heavy atom. The lowest BCUT2D eigenvalue weighted by Crippen LogP contribution is -2.07. The van der Waals surface area contributed by atoms with Crippen LogP contribution in [0.4, 0.5) is 18.9 Å². The van der Waals surface area contributed by atoms with Gasteiger partial charge in [0.2, 0.25) is 0 Å². The minimum Gasteiger partial charge on any atom is -0.494 e. The van der Waals surface area contributed by atoms with Crippen LogP contribution in [0.1, 0.15) is 25.7 Å². The quantitative estimate of drug-likeness (QED) is 0.376. The van der Waals surface area contributed by atoms with Crippen molar-refractivity contribution in [2.75, 3.05) is 12.3 Å². The first-order valence-electron chi connectivity index (χ1n) is 8.38. The molecule has 0 aliphatic heterocycles. The van der Waals surface area contributed by atoms with Crippen LogP contribution in [0, 0.1) is 0 Å². The highest BCUT2D eigenvalue weighted by molar-refractivity contribution is 5.94. The summed E-state index contributed by atoms with van der Waals surface area (Å²) in [6.45, 7) is 0.328. The standard InChI is InChI=1S/C19H19F3N2O2/c20-19(21,22)8-2-1-3-9-26-13-5-7-15-17(11-13)24-16-10-12(23)4-6-14(16)18(15)25/h4-7,10-11H,1-3,8-9,23H2,(H,24,25). The zero-order valence-electron chi connectivity index (χ0n) is 14.0. The summed E-state index contributed by atoms with van der Waals surface area (Å²) in [6, 6.07) is 10.2. The maximum Gasteiger partial charge on any atom is 0.389 e. The van der Waals surface area contributed by atoms with E-state index in [1.54, 1.807) is 36.4 Å². The molecule has 1 heterocycles. The van der Waals surface area contributed by atoms with Crippen molar-refractivity contribution < 1.29 is 17.9 Å². The molecule has 0 atom stereocenters. The van der Waals surface area contributed by atoms with Gasteiger partial charge in [0, 0.05) is 28.9 Å². The molecule has 0 unspecified atom stereocenters. The number of ether oxygens (including phenoxy) is 1. The highest BCUT2D eigenvalue weighted by Gasteiger charge is 2.25. The predicted molar refractivity (Wildman–Crippen MR) is 96.5 cm³/mol. The van der Waals surface area contributed by atoms with E-state index in [0.717, 1.165) is 0 Å². The number of aromatic amines is 1. The maximum absolute atomic E-state index is 12.5. The molecule has 0 fully saturated rings. The lowest BCUT2D eigenvalue weighted by Gasteiger charge is -2.09. The topological polar surface area (TPSA) is 68.1 Å². The number of fused-ring (bicyclic) bond motifs is 2. The molecule has 0 amide bonds. The molecule has 3 rings (SSSR count). The SMILES string of the molecule is Nc1ccc2c(=O)c3ccc(OCCCCCC(F)(F)F)cc3[nH]c2c1. The third-order valence-electron chi connectivity index (χ3n) is 4.17. The van der Waals surface area contributed by atoms with Crippen molar-refractivity contribution in [1.29, 1.82) is 0 Å².